The van der Waals surface area contributed by atoms with Crippen LogP contribution in [0, 0.1) is 0 Å². The van der Waals surface area contributed by atoms with Crippen molar-refractivity contribution >= 4 is 11.8 Å². The molecule has 0 aliphatic rings. The number of amides is 2. The fourth-order valence-corrected chi connectivity index (χ4v) is 2.50. The van der Waals surface area contributed by atoms with Gasteiger partial charge in [-0.2, -0.15) is 5.06 Å². The van der Waals surface area contributed by atoms with Gasteiger partial charge >= 0.3 is 0 Å². The number of benzene rings is 2. The van der Waals surface area contributed by atoms with Gasteiger partial charge in [-0.05, 0) is 24.0 Å². The molecular weight excluding hydrogens is 318 g/mol. The second-order valence-corrected chi connectivity index (χ2v) is 5.75. The molecule has 2 aromatic rings. The zero-order chi connectivity index (χ0) is 18.2. The molecule has 0 aliphatic heterocycles. The number of carbonyl (C=O) groups excluding carboxylic acids is 2. The number of imide groups is 1. The maximum atomic E-state index is 12.5. The van der Waals surface area contributed by atoms with Crippen LogP contribution in [0.4, 0.5) is 0 Å². The Labute approximate surface area is 147 Å². The molecule has 0 aliphatic carbocycles. The van der Waals surface area contributed by atoms with Gasteiger partial charge in [-0.25, -0.2) is 0 Å². The van der Waals surface area contributed by atoms with Gasteiger partial charge in [0.25, 0.3) is 11.8 Å². The van der Waals surface area contributed by atoms with Crippen LogP contribution >= 0.6 is 0 Å². The van der Waals surface area contributed by atoms with Crippen molar-refractivity contribution in [2.45, 2.75) is 24.9 Å². The molecule has 4 N–H and O–H groups in total. The van der Waals surface area contributed by atoms with E-state index in [1.165, 1.54) is 7.11 Å². The standard InChI is InChI=1S/C19H23N3O3/c1-25-22(18(23)16(20)12-14-8-4-2-5-9-14)19(24)17(21)13-15-10-6-3-7-11-15/h2-11,16-17H,12-13,20-21H2,1H3/t16-,17-/m0/s1. The smallest absolute Gasteiger partial charge is 0.270 e. The predicted molar refractivity (Wildman–Crippen MR) is 95.1 cm³/mol. The van der Waals surface area contributed by atoms with Crippen LogP contribution < -0.4 is 11.5 Å². The third kappa shape index (κ3) is 5.22. The molecule has 2 rings (SSSR count). The van der Waals surface area contributed by atoms with E-state index in [0.29, 0.717) is 17.9 Å². The van der Waals surface area contributed by atoms with Gasteiger partial charge in [0, 0.05) is 0 Å². The molecule has 0 heterocycles. The van der Waals surface area contributed by atoms with E-state index in [0.717, 1.165) is 11.1 Å². The monoisotopic (exact) mass is 341 g/mol. The van der Waals surface area contributed by atoms with Gasteiger partial charge < -0.3 is 11.5 Å². The summed E-state index contributed by atoms with van der Waals surface area (Å²) in [7, 11) is 1.25. The summed E-state index contributed by atoms with van der Waals surface area (Å²) in [6, 6.07) is 16.9. The zero-order valence-corrected chi connectivity index (χ0v) is 14.2. The molecule has 0 saturated carbocycles. The average molecular weight is 341 g/mol. The van der Waals surface area contributed by atoms with E-state index in [-0.39, 0.29) is 0 Å². The highest BCUT2D eigenvalue weighted by Crippen LogP contribution is 2.08. The first-order valence-corrected chi connectivity index (χ1v) is 8.04. The first kappa shape index (κ1) is 18.8. The summed E-state index contributed by atoms with van der Waals surface area (Å²) < 4.78 is 0. The number of hydrogen-bond acceptors (Lipinski definition) is 5. The van der Waals surface area contributed by atoms with Crippen molar-refractivity contribution in [3.8, 4) is 0 Å². The van der Waals surface area contributed by atoms with Crippen molar-refractivity contribution in [2.24, 2.45) is 11.5 Å². The highest BCUT2D eigenvalue weighted by Gasteiger charge is 2.30. The predicted octanol–water partition coefficient (Wildman–Crippen LogP) is 1.04. The minimum absolute atomic E-state index is 0.306. The van der Waals surface area contributed by atoms with Gasteiger partial charge in [0.2, 0.25) is 0 Å². The Morgan fingerprint density at radius 2 is 1.20 bits per heavy atom. The van der Waals surface area contributed by atoms with Crippen LogP contribution in [0.2, 0.25) is 0 Å². The number of rotatable bonds is 7. The Morgan fingerprint density at radius 3 is 1.52 bits per heavy atom. The lowest BCUT2D eigenvalue weighted by atomic mass is 10.0. The average Bonchev–Trinajstić information content (AvgIpc) is 2.63. The molecule has 6 heteroatoms. The Hall–Kier alpha value is -2.54. The molecule has 2 amide bonds. The van der Waals surface area contributed by atoms with Crippen molar-refractivity contribution in [3.63, 3.8) is 0 Å². The van der Waals surface area contributed by atoms with E-state index < -0.39 is 23.9 Å². The lowest BCUT2D eigenvalue weighted by molar-refractivity contribution is -0.189. The van der Waals surface area contributed by atoms with Crippen molar-refractivity contribution in [2.75, 3.05) is 7.11 Å². The van der Waals surface area contributed by atoms with Crippen LogP contribution in [0.25, 0.3) is 0 Å². The Balaban J connectivity index is 2.01. The van der Waals surface area contributed by atoms with Crippen LogP contribution in [0.5, 0.6) is 0 Å². The van der Waals surface area contributed by atoms with Crippen molar-refractivity contribution in [1.29, 1.82) is 0 Å². The Kier molecular flexibility index (Phi) is 6.82. The van der Waals surface area contributed by atoms with Gasteiger partial charge in [-0.1, -0.05) is 60.7 Å². The second kappa shape index (κ2) is 9.08. The molecular formula is C19H23N3O3. The summed E-state index contributed by atoms with van der Waals surface area (Å²) in [5, 5.41) is 0.668. The molecule has 0 aromatic heterocycles. The third-order valence-electron chi connectivity index (χ3n) is 3.81. The van der Waals surface area contributed by atoms with Gasteiger partial charge in [0.15, 0.2) is 0 Å². The van der Waals surface area contributed by atoms with Crippen molar-refractivity contribution < 1.29 is 14.4 Å². The highest BCUT2D eigenvalue weighted by molar-refractivity contribution is 5.98. The number of hydrogen-bond donors (Lipinski definition) is 2. The fourth-order valence-electron chi connectivity index (χ4n) is 2.50. The highest BCUT2D eigenvalue weighted by atomic mass is 16.7. The van der Waals surface area contributed by atoms with E-state index in [1.807, 2.05) is 60.7 Å². The largest absolute Gasteiger partial charge is 0.320 e. The van der Waals surface area contributed by atoms with E-state index in [9.17, 15) is 9.59 Å². The summed E-state index contributed by atoms with van der Waals surface area (Å²) in [6.45, 7) is 0. The SMILES string of the molecule is CON(C(=O)[C@@H](N)Cc1ccccc1)C(=O)[C@@H](N)Cc1ccccc1. The number of hydroxylamine groups is 2. The maximum Gasteiger partial charge on any atom is 0.270 e. The van der Waals surface area contributed by atoms with E-state index in [2.05, 4.69) is 0 Å². The number of nitrogens with zero attached hydrogens (tertiary/aromatic N) is 1. The quantitative estimate of drug-likeness (QED) is 0.733. The normalized spacial score (nSPS) is 13.1. The van der Waals surface area contributed by atoms with Gasteiger partial charge in [-0.3, -0.25) is 14.4 Å². The van der Waals surface area contributed by atoms with Crippen molar-refractivity contribution in [1.82, 2.24) is 5.06 Å². The molecule has 0 spiro atoms. The maximum absolute atomic E-state index is 12.5. The molecule has 0 radical (unpaired) electrons. The van der Waals surface area contributed by atoms with E-state index >= 15 is 0 Å². The summed E-state index contributed by atoms with van der Waals surface area (Å²) in [4.78, 5) is 29.9. The Bertz CT molecular complexity index is 632. The van der Waals surface area contributed by atoms with Crippen molar-refractivity contribution in [3.05, 3.63) is 71.8 Å². The summed E-state index contributed by atoms with van der Waals surface area (Å²) in [5.74, 6) is -1.22. The lowest BCUT2D eigenvalue weighted by Gasteiger charge is -2.24. The minimum atomic E-state index is -0.893. The second-order valence-electron chi connectivity index (χ2n) is 5.75. The summed E-state index contributed by atoms with van der Waals surface area (Å²) in [5.41, 5.74) is 13.7. The summed E-state index contributed by atoms with van der Waals surface area (Å²) >= 11 is 0. The minimum Gasteiger partial charge on any atom is -0.320 e. The number of nitrogens with two attached hydrogens (primary N) is 2. The molecule has 0 saturated heterocycles. The lowest BCUT2D eigenvalue weighted by Crippen LogP contribution is -2.52. The zero-order valence-electron chi connectivity index (χ0n) is 14.2. The topological polar surface area (TPSA) is 98.6 Å². The molecule has 0 unspecified atom stereocenters. The molecule has 0 bridgehead atoms. The van der Waals surface area contributed by atoms with Gasteiger partial charge in [0.05, 0.1) is 19.2 Å². The molecule has 6 nitrogen and oxygen atoms in total. The van der Waals surface area contributed by atoms with Gasteiger partial charge in [0.1, 0.15) is 0 Å². The van der Waals surface area contributed by atoms with Crippen LogP contribution in [0.1, 0.15) is 11.1 Å². The van der Waals surface area contributed by atoms with Crippen LogP contribution in [0.15, 0.2) is 60.7 Å². The van der Waals surface area contributed by atoms with Crippen LogP contribution in [-0.4, -0.2) is 36.1 Å². The third-order valence-corrected chi connectivity index (χ3v) is 3.81. The molecule has 2 atom stereocenters. The first-order valence-electron chi connectivity index (χ1n) is 8.04. The Morgan fingerprint density at radius 1 is 0.840 bits per heavy atom. The fraction of sp³-hybridized carbons (Fsp3) is 0.263. The molecule has 0 fully saturated rings. The van der Waals surface area contributed by atoms with Gasteiger partial charge in [-0.15, -0.1) is 0 Å². The van der Waals surface area contributed by atoms with E-state index in [1.54, 1.807) is 0 Å². The van der Waals surface area contributed by atoms with Crippen LogP contribution in [-0.2, 0) is 27.3 Å². The summed E-state index contributed by atoms with van der Waals surface area (Å²) in [6.07, 6.45) is 0.613. The van der Waals surface area contributed by atoms with Crippen LogP contribution in [0.3, 0.4) is 0 Å². The molecule has 132 valence electrons. The van der Waals surface area contributed by atoms with E-state index in [4.69, 9.17) is 16.3 Å². The molecule has 25 heavy (non-hydrogen) atoms. The molecule has 2 aromatic carbocycles. The number of carbonyl (C=O) groups is 2. The first-order chi connectivity index (χ1) is 12.0.